The van der Waals surface area contributed by atoms with Gasteiger partial charge in [0.2, 0.25) is 0 Å². The van der Waals surface area contributed by atoms with Crippen LogP contribution in [0, 0.1) is 5.92 Å². The topological polar surface area (TPSA) is 17.1 Å². The molecule has 0 amide bonds. The molecule has 0 aromatic carbocycles. The summed E-state index contributed by atoms with van der Waals surface area (Å²) in [5, 5.41) is 0.111. The lowest BCUT2D eigenvalue weighted by Crippen LogP contribution is -2.09. The summed E-state index contributed by atoms with van der Waals surface area (Å²) < 4.78 is 0. The maximum Gasteiger partial charge on any atom is 0.188 e. The van der Waals surface area contributed by atoms with Gasteiger partial charge in [-0.1, -0.05) is 78.1 Å². The fourth-order valence-corrected chi connectivity index (χ4v) is 2.64. The standard InChI is InChI=1S/C16H32OS/c1-3-5-7-9-10-12-14-15(16(17)18)13-11-8-6-4-2/h15H,3-14H2,1-2H3,(H,17,18)/t15-/m0/s1. The fourth-order valence-electron chi connectivity index (χ4n) is 2.38. The van der Waals surface area contributed by atoms with E-state index in [1.165, 1.54) is 64.2 Å². The predicted octanol–water partition coefficient (Wildman–Crippen LogP) is 5.78. The molecule has 0 N–H and O–H groups in total. The van der Waals surface area contributed by atoms with Crippen molar-refractivity contribution in [1.29, 1.82) is 0 Å². The maximum absolute atomic E-state index is 11.4. The lowest BCUT2D eigenvalue weighted by Gasteiger charge is -2.12. The molecule has 0 saturated heterocycles. The highest BCUT2D eigenvalue weighted by Gasteiger charge is 2.13. The van der Waals surface area contributed by atoms with Gasteiger partial charge in [-0.25, -0.2) is 0 Å². The lowest BCUT2D eigenvalue weighted by molar-refractivity contribution is -0.114. The van der Waals surface area contributed by atoms with Gasteiger partial charge in [0, 0.05) is 5.92 Å². The molecule has 0 unspecified atom stereocenters. The van der Waals surface area contributed by atoms with Gasteiger partial charge in [-0.05, 0) is 12.8 Å². The van der Waals surface area contributed by atoms with Gasteiger partial charge in [0.25, 0.3) is 0 Å². The molecule has 1 nitrogen and oxygen atoms in total. The molecular weight excluding hydrogens is 240 g/mol. The lowest BCUT2D eigenvalue weighted by atomic mass is 9.95. The second-order valence-electron chi connectivity index (χ2n) is 5.44. The molecule has 0 bridgehead atoms. The van der Waals surface area contributed by atoms with Crippen molar-refractivity contribution in [2.75, 3.05) is 0 Å². The van der Waals surface area contributed by atoms with E-state index in [1.807, 2.05) is 0 Å². The van der Waals surface area contributed by atoms with Gasteiger partial charge < -0.3 is 0 Å². The Hall–Kier alpha value is 0.0200. The van der Waals surface area contributed by atoms with Crippen molar-refractivity contribution >= 4 is 17.7 Å². The van der Waals surface area contributed by atoms with E-state index in [0.717, 1.165) is 12.8 Å². The van der Waals surface area contributed by atoms with Crippen LogP contribution in [-0.4, -0.2) is 5.12 Å². The monoisotopic (exact) mass is 272 g/mol. The Morgan fingerprint density at radius 2 is 1.17 bits per heavy atom. The third kappa shape index (κ3) is 11.1. The van der Waals surface area contributed by atoms with E-state index in [2.05, 4.69) is 26.5 Å². The summed E-state index contributed by atoms with van der Waals surface area (Å²) in [6.45, 7) is 4.46. The molecule has 0 heterocycles. The Balaban J connectivity index is 3.54. The molecule has 0 fully saturated rings. The zero-order chi connectivity index (χ0) is 13.6. The second kappa shape index (κ2) is 13.5. The third-order valence-corrected chi connectivity index (χ3v) is 4.03. The molecule has 0 aliphatic carbocycles. The minimum atomic E-state index is 0.111. The molecule has 0 aromatic heterocycles. The van der Waals surface area contributed by atoms with Crippen molar-refractivity contribution < 1.29 is 4.79 Å². The molecule has 0 radical (unpaired) electrons. The number of unbranched alkanes of at least 4 members (excludes halogenated alkanes) is 8. The minimum absolute atomic E-state index is 0.111. The molecule has 0 saturated carbocycles. The van der Waals surface area contributed by atoms with Crippen molar-refractivity contribution in [2.45, 2.75) is 90.9 Å². The first-order valence-corrected chi connectivity index (χ1v) is 8.39. The molecule has 0 aliphatic heterocycles. The van der Waals surface area contributed by atoms with E-state index in [4.69, 9.17) is 0 Å². The molecule has 0 aromatic rings. The summed E-state index contributed by atoms with van der Waals surface area (Å²) >= 11 is 4.04. The molecular formula is C16H32OS. The van der Waals surface area contributed by atoms with Crippen molar-refractivity contribution in [3.05, 3.63) is 0 Å². The number of hydrogen-bond donors (Lipinski definition) is 1. The van der Waals surface area contributed by atoms with Crippen molar-refractivity contribution in [2.24, 2.45) is 5.92 Å². The van der Waals surface area contributed by atoms with E-state index in [9.17, 15) is 4.79 Å². The van der Waals surface area contributed by atoms with Crippen LogP contribution in [-0.2, 0) is 4.79 Å². The van der Waals surface area contributed by atoms with Gasteiger partial charge in [-0.15, -0.1) is 12.6 Å². The Bertz CT molecular complexity index is 192. The third-order valence-electron chi connectivity index (χ3n) is 3.66. The quantitative estimate of drug-likeness (QED) is 0.332. The van der Waals surface area contributed by atoms with Crippen LogP contribution in [0.15, 0.2) is 0 Å². The van der Waals surface area contributed by atoms with Crippen LogP contribution in [0.1, 0.15) is 90.9 Å². The predicted molar refractivity (Wildman–Crippen MR) is 84.2 cm³/mol. The summed E-state index contributed by atoms with van der Waals surface area (Å²) in [6, 6.07) is 0. The van der Waals surface area contributed by atoms with E-state index in [1.54, 1.807) is 0 Å². The first kappa shape index (κ1) is 18.0. The van der Waals surface area contributed by atoms with Crippen LogP contribution < -0.4 is 0 Å². The Labute approximate surface area is 120 Å². The first-order chi connectivity index (χ1) is 8.72. The van der Waals surface area contributed by atoms with Gasteiger partial charge >= 0.3 is 0 Å². The summed E-state index contributed by atoms with van der Waals surface area (Å²) in [5.74, 6) is 0.219. The average molecular weight is 272 g/mol. The van der Waals surface area contributed by atoms with Crippen LogP contribution in [0.4, 0.5) is 0 Å². The Morgan fingerprint density at radius 1 is 0.778 bits per heavy atom. The number of hydrogen-bond acceptors (Lipinski definition) is 1. The minimum Gasteiger partial charge on any atom is -0.287 e. The average Bonchev–Trinajstić information content (AvgIpc) is 2.35. The Morgan fingerprint density at radius 3 is 1.61 bits per heavy atom. The molecule has 18 heavy (non-hydrogen) atoms. The highest BCUT2D eigenvalue weighted by atomic mass is 32.1. The van der Waals surface area contributed by atoms with E-state index >= 15 is 0 Å². The molecule has 0 aliphatic rings. The molecule has 0 rings (SSSR count). The number of carbonyl (C=O) groups is 1. The zero-order valence-corrected chi connectivity index (χ0v) is 13.3. The highest BCUT2D eigenvalue weighted by Crippen LogP contribution is 2.20. The van der Waals surface area contributed by atoms with Crippen LogP contribution in [0.3, 0.4) is 0 Å². The van der Waals surface area contributed by atoms with Crippen molar-refractivity contribution in [1.82, 2.24) is 0 Å². The maximum atomic E-state index is 11.4. The summed E-state index contributed by atoms with van der Waals surface area (Å²) in [6.07, 6.45) is 15.0. The van der Waals surface area contributed by atoms with Gasteiger partial charge in [0.05, 0.1) is 0 Å². The van der Waals surface area contributed by atoms with Crippen LogP contribution in [0.25, 0.3) is 0 Å². The van der Waals surface area contributed by atoms with Gasteiger partial charge in [-0.3, -0.25) is 4.79 Å². The van der Waals surface area contributed by atoms with Crippen LogP contribution in [0.2, 0.25) is 0 Å². The Kier molecular flexibility index (Phi) is 13.5. The largest absolute Gasteiger partial charge is 0.287 e. The van der Waals surface area contributed by atoms with Crippen LogP contribution in [0.5, 0.6) is 0 Å². The number of thiol groups is 1. The van der Waals surface area contributed by atoms with Gasteiger partial charge in [0.15, 0.2) is 5.12 Å². The summed E-state index contributed by atoms with van der Waals surface area (Å²) in [4.78, 5) is 11.4. The zero-order valence-electron chi connectivity index (χ0n) is 12.4. The number of carbonyl (C=O) groups excluding carboxylic acids is 1. The number of rotatable bonds is 13. The summed E-state index contributed by atoms with van der Waals surface area (Å²) in [5.41, 5.74) is 0. The van der Waals surface area contributed by atoms with E-state index in [-0.39, 0.29) is 11.0 Å². The molecule has 2 heteroatoms. The fraction of sp³-hybridized carbons (Fsp3) is 0.938. The normalized spacial score (nSPS) is 12.6. The summed E-state index contributed by atoms with van der Waals surface area (Å²) in [7, 11) is 0. The van der Waals surface area contributed by atoms with Crippen molar-refractivity contribution in [3.8, 4) is 0 Å². The SMILES string of the molecule is CCCCCCCC[C@H](CCCCCC)C(=O)S. The smallest absolute Gasteiger partial charge is 0.188 e. The van der Waals surface area contributed by atoms with Gasteiger partial charge in [0.1, 0.15) is 0 Å². The second-order valence-corrected chi connectivity index (χ2v) is 5.88. The van der Waals surface area contributed by atoms with E-state index in [0.29, 0.717) is 0 Å². The van der Waals surface area contributed by atoms with E-state index < -0.39 is 0 Å². The molecule has 108 valence electrons. The van der Waals surface area contributed by atoms with Crippen LogP contribution >= 0.6 is 12.6 Å². The first-order valence-electron chi connectivity index (χ1n) is 7.95. The highest BCUT2D eigenvalue weighted by molar-refractivity contribution is 7.96. The van der Waals surface area contributed by atoms with Crippen molar-refractivity contribution in [3.63, 3.8) is 0 Å². The molecule has 0 spiro atoms. The molecule has 1 atom stereocenters. The van der Waals surface area contributed by atoms with Gasteiger partial charge in [-0.2, -0.15) is 0 Å².